The number of benzene rings is 1. The maximum absolute atomic E-state index is 12.7. The molecule has 11 heteroatoms. The molecule has 0 heterocycles. The molecular formula is C30H45NO10. The summed E-state index contributed by atoms with van der Waals surface area (Å²) in [6, 6.07) is 4.22. The normalized spacial score (nSPS) is 16.8. The van der Waals surface area contributed by atoms with Gasteiger partial charge in [-0.1, -0.05) is 59.9 Å². The Bertz CT molecular complexity index is 1050. The van der Waals surface area contributed by atoms with Crippen molar-refractivity contribution in [2.75, 3.05) is 13.2 Å². The highest BCUT2D eigenvalue weighted by Crippen LogP contribution is 2.33. The van der Waals surface area contributed by atoms with Crippen LogP contribution >= 0.6 is 0 Å². The van der Waals surface area contributed by atoms with E-state index < -0.39 is 35.8 Å². The first kappa shape index (κ1) is 33.9. The zero-order chi connectivity index (χ0) is 30.7. The maximum atomic E-state index is 12.7. The third kappa shape index (κ3) is 10.5. The zero-order valence-electron chi connectivity index (χ0n) is 25.0. The summed E-state index contributed by atoms with van der Waals surface area (Å²) in [7, 11) is 0. The average molecular weight is 580 g/mol. The molecule has 1 aliphatic carbocycles. The van der Waals surface area contributed by atoms with Gasteiger partial charge in [0.25, 0.3) is 0 Å². The Hall–Kier alpha value is -3.34. The topological polar surface area (TPSA) is 161 Å². The molecule has 0 radical (unpaired) electrons. The summed E-state index contributed by atoms with van der Waals surface area (Å²) in [5.74, 6) is -2.76. The molecule has 1 aromatic rings. The molecule has 0 unspecified atom stereocenters. The number of ether oxygens (including phenoxy) is 5. The van der Waals surface area contributed by atoms with Gasteiger partial charge in [-0.3, -0.25) is 9.59 Å². The van der Waals surface area contributed by atoms with Crippen LogP contribution in [0.25, 0.3) is 0 Å². The van der Waals surface area contributed by atoms with Crippen molar-refractivity contribution in [3.8, 4) is 11.5 Å². The van der Waals surface area contributed by atoms with E-state index >= 15 is 0 Å². The standard InChI is InChI=1S/C30H45NO10/c1-18(2)16-37-28(35)40-24-13-12-22(14-25(24)41-29(36)38-17-19(3)4)15-30(31,27(33)34)20(5)21(6)39-26(32)23-10-8-7-9-11-23/h12-14,18-21,23H,7-11,15-17,31H2,1-6H3,(H,33,34)/t20-,21+,30-/m1/s1. The number of hydrogen-bond acceptors (Lipinski definition) is 10. The quantitative estimate of drug-likeness (QED) is 0.172. The largest absolute Gasteiger partial charge is 0.513 e. The first-order chi connectivity index (χ1) is 19.2. The maximum Gasteiger partial charge on any atom is 0.513 e. The number of nitrogens with two attached hydrogens (primary N) is 1. The molecule has 0 aliphatic heterocycles. The summed E-state index contributed by atoms with van der Waals surface area (Å²) in [6.45, 7) is 10.9. The number of hydrogen-bond donors (Lipinski definition) is 2. The number of rotatable bonds is 13. The summed E-state index contributed by atoms with van der Waals surface area (Å²) in [5, 5.41) is 10.2. The molecule has 0 spiro atoms. The van der Waals surface area contributed by atoms with Crippen molar-refractivity contribution in [2.24, 2.45) is 29.4 Å². The summed E-state index contributed by atoms with van der Waals surface area (Å²) in [5.41, 5.74) is 4.99. The Morgan fingerprint density at radius 2 is 1.41 bits per heavy atom. The molecule has 1 saturated carbocycles. The van der Waals surface area contributed by atoms with Crippen LogP contribution in [0.5, 0.6) is 11.5 Å². The highest BCUT2D eigenvalue weighted by molar-refractivity contribution is 5.80. The fraction of sp³-hybridized carbons (Fsp3) is 0.667. The van der Waals surface area contributed by atoms with E-state index in [0.29, 0.717) is 5.56 Å². The fourth-order valence-electron chi connectivity index (χ4n) is 4.44. The third-order valence-corrected chi connectivity index (χ3v) is 7.12. The van der Waals surface area contributed by atoms with Gasteiger partial charge in [0.2, 0.25) is 0 Å². The van der Waals surface area contributed by atoms with Crippen molar-refractivity contribution in [1.82, 2.24) is 0 Å². The summed E-state index contributed by atoms with van der Waals surface area (Å²) in [6.07, 6.45) is 1.54. The summed E-state index contributed by atoms with van der Waals surface area (Å²) >= 11 is 0. The molecule has 2 rings (SSSR count). The Morgan fingerprint density at radius 3 is 1.93 bits per heavy atom. The minimum Gasteiger partial charge on any atom is -0.480 e. The number of aliphatic carboxylic acids is 1. The lowest BCUT2D eigenvalue weighted by Crippen LogP contribution is -2.58. The number of carbonyl (C=O) groups excluding carboxylic acids is 3. The van der Waals surface area contributed by atoms with Crippen molar-refractivity contribution in [1.29, 1.82) is 0 Å². The molecule has 11 nitrogen and oxygen atoms in total. The van der Waals surface area contributed by atoms with E-state index in [-0.39, 0.29) is 54.9 Å². The Labute approximate surface area is 242 Å². The Morgan fingerprint density at radius 1 is 0.878 bits per heavy atom. The molecule has 0 aromatic heterocycles. The first-order valence-corrected chi connectivity index (χ1v) is 14.3. The van der Waals surface area contributed by atoms with E-state index in [1.807, 2.05) is 27.7 Å². The van der Waals surface area contributed by atoms with Crippen LogP contribution in [0.4, 0.5) is 9.59 Å². The minimum absolute atomic E-state index is 0.0553. The number of carbonyl (C=O) groups is 4. The second-order valence-corrected chi connectivity index (χ2v) is 11.7. The van der Waals surface area contributed by atoms with Crippen LogP contribution in [-0.4, -0.2) is 54.2 Å². The third-order valence-electron chi connectivity index (χ3n) is 7.12. The van der Waals surface area contributed by atoms with Crippen LogP contribution in [0.3, 0.4) is 0 Å². The number of esters is 1. The van der Waals surface area contributed by atoms with Gasteiger partial charge in [-0.15, -0.1) is 0 Å². The van der Waals surface area contributed by atoms with E-state index in [4.69, 9.17) is 29.4 Å². The zero-order valence-corrected chi connectivity index (χ0v) is 25.0. The molecule has 0 saturated heterocycles. The monoisotopic (exact) mass is 579 g/mol. The van der Waals surface area contributed by atoms with Gasteiger partial charge in [-0.2, -0.15) is 0 Å². The van der Waals surface area contributed by atoms with E-state index in [0.717, 1.165) is 32.1 Å². The van der Waals surface area contributed by atoms with E-state index in [1.165, 1.54) is 18.2 Å². The lowest BCUT2D eigenvalue weighted by molar-refractivity contribution is -0.162. The Balaban J connectivity index is 2.26. The van der Waals surface area contributed by atoms with Gasteiger partial charge >= 0.3 is 24.2 Å². The molecule has 3 N–H and O–H groups in total. The minimum atomic E-state index is -1.85. The molecule has 0 amide bonds. The van der Waals surface area contributed by atoms with E-state index in [1.54, 1.807) is 13.8 Å². The van der Waals surface area contributed by atoms with Crippen LogP contribution in [-0.2, 0) is 30.2 Å². The van der Waals surface area contributed by atoms with Crippen molar-refractivity contribution >= 4 is 24.2 Å². The van der Waals surface area contributed by atoms with Crippen molar-refractivity contribution in [3.05, 3.63) is 23.8 Å². The average Bonchev–Trinajstić information content (AvgIpc) is 2.91. The molecule has 230 valence electrons. The molecule has 41 heavy (non-hydrogen) atoms. The molecule has 1 fully saturated rings. The van der Waals surface area contributed by atoms with E-state index in [9.17, 15) is 24.3 Å². The number of carboxylic acid groups (broad SMARTS) is 1. The van der Waals surface area contributed by atoms with Gasteiger partial charge in [0.1, 0.15) is 11.6 Å². The van der Waals surface area contributed by atoms with Crippen LogP contribution in [0.15, 0.2) is 18.2 Å². The van der Waals surface area contributed by atoms with Gasteiger partial charge in [-0.25, -0.2) is 9.59 Å². The molecule has 1 aromatic carbocycles. The molecule has 0 bridgehead atoms. The second-order valence-electron chi connectivity index (χ2n) is 11.7. The lowest BCUT2D eigenvalue weighted by Gasteiger charge is -2.35. The fourth-order valence-corrected chi connectivity index (χ4v) is 4.44. The van der Waals surface area contributed by atoms with Crippen molar-refractivity contribution in [3.63, 3.8) is 0 Å². The van der Waals surface area contributed by atoms with Crippen LogP contribution in [0.2, 0.25) is 0 Å². The van der Waals surface area contributed by atoms with Crippen LogP contribution in [0.1, 0.15) is 79.2 Å². The van der Waals surface area contributed by atoms with Crippen molar-refractivity contribution in [2.45, 2.75) is 91.7 Å². The first-order valence-electron chi connectivity index (χ1n) is 14.3. The highest BCUT2D eigenvalue weighted by atomic mass is 16.7. The van der Waals surface area contributed by atoms with Crippen LogP contribution in [0, 0.1) is 23.7 Å². The SMILES string of the molecule is CC(C)COC(=O)Oc1ccc(C[C@](N)(C(=O)O)[C@H](C)[C@H](C)OC(=O)C2CCCCC2)cc1OC(=O)OCC(C)C. The predicted molar refractivity (Wildman–Crippen MR) is 150 cm³/mol. The molecular weight excluding hydrogens is 534 g/mol. The van der Waals surface area contributed by atoms with Gasteiger partial charge in [-0.05, 0) is 49.3 Å². The van der Waals surface area contributed by atoms with Gasteiger partial charge in [0.05, 0.1) is 19.1 Å². The van der Waals surface area contributed by atoms with E-state index in [2.05, 4.69) is 0 Å². The van der Waals surface area contributed by atoms with Crippen LogP contribution < -0.4 is 15.2 Å². The van der Waals surface area contributed by atoms with Gasteiger partial charge < -0.3 is 34.5 Å². The molecule has 1 aliphatic rings. The smallest absolute Gasteiger partial charge is 0.480 e. The summed E-state index contributed by atoms with van der Waals surface area (Å²) in [4.78, 5) is 49.7. The van der Waals surface area contributed by atoms with Gasteiger partial charge in [0.15, 0.2) is 11.5 Å². The summed E-state index contributed by atoms with van der Waals surface area (Å²) < 4.78 is 26.4. The Kier molecular flexibility index (Phi) is 12.9. The predicted octanol–water partition coefficient (Wildman–Crippen LogP) is 5.50. The second kappa shape index (κ2) is 15.6. The number of carboxylic acids is 1. The van der Waals surface area contributed by atoms with Crippen molar-refractivity contribution < 1.29 is 48.0 Å². The van der Waals surface area contributed by atoms with Gasteiger partial charge in [0, 0.05) is 12.3 Å². The lowest BCUT2D eigenvalue weighted by atomic mass is 9.78. The highest BCUT2D eigenvalue weighted by Gasteiger charge is 2.44. The molecule has 3 atom stereocenters.